The highest BCUT2D eigenvalue weighted by molar-refractivity contribution is 5.24. The zero-order chi connectivity index (χ0) is 9.52. The van der Waals surface area contributed by atoms with Crippen molar-refractivity contribution in [3.8, 4) is 5.88 Å². The van der Waals surface area contributed by atoms with Crippen molar-refractivity contribution >= 4 is 0 Å². The zero-order valence-corrected chi connectivity index (χ0v) is 7.59. The highest BCUT2D eigenvalue weighted by Crippen LogP contribution is 2.12. The molecule has 0 saturated carbocycles. The minimum atomic E-state index is -0.359. The van der Waals surface area contributed by atoms with Gasteiger partial charge in [0, 0.05) is 24.8 Å². The molecule has 4 heteroatoms. The molecule has 1 aromatic rings. The van der Waals surface area contributed by atoms with E-state index in [0.29, 0.717) is 19.0 Å². The van der Waals surface area contributed by atoms with Gasteiger partial charge in [0.05, 0.1) is 7.11 Å². The minimum Gasteiger partial charge on any atom is -0.481 e. The number of nitrogens with zero attached hydrogens (tertiary/aromatic N) is 1. The summed E-state index contributed by atoms with van der Waals surface area (Å²) in [5, 5.41) is 2.93. The van der Waals surface area contributed by atoms with E-state index in [0.717, 1.165) is 5.56 Å². The summed E-state index contributed by atoms with van der Waals surface area (Å²) < 4.78 is 16.8. The van der Waals surface area contributed by atoms with Crippen LogP contribution in [-0.2, 0) is 6.54 Å². The van der Waals surface area contributed by atoms with Crippen LogP contribution in [0.4, 0.5) is 4.39 Å². The van der Waals surface area contributed by atoms with Crippen LogP contribution in [0.3, 0.4) is 0 Å². The molecule has 0 fully saturated rings. The quantitative estimate of drug-likeness (QED) is 0.697. The summed E-state index contributed by atoms with van der Waals surface area (Å²) in [6, 6.07) is 3.73. The predicted molar refractivity (Wildman–Crippen MR) is 48.5 cm³/mol. The molecule has 0 aliphatic carbocycles. The first-order valence-electron chi connectivity index (χ1n) is 4.13. The largest absolute Gasteiger partial charge is 0.481 e. The van der Waals surface area contributed by atoms with Crippen LogP contribution in [0, 0.1) is 0 Å². The lowest BCUT2D eigenvalue weighted by Gasteiger charge is -2.06. The number of hydrogen-bond donors (Lipinski definition) is 1. The van der Waals surface area contributed by atoms with Crippen LogP contribution in [0.1, 0.15) is 5.56 Å². The maximum absolute atomic E-state index is 11.8. The van der Waals surface area contributed by atoms with Crippen LogP contribution in [0.2, 0.25) is 0 Å². The first kappa shape index (κ1) is 9.92. The number of halogens is 1. The van der Waals surface area contributed by atoms with Gasteiger partial charge in [0.25, 0.3) is 0 Å². The SMILES string of the molecule is COc1ncccc1CNCCF. The number of pyridine rings is 1. The Kier molecular flexibility index (Phi) is 4.18. The molecular weight excluding hydrogens is 171 g/mol. The van der Waals surface area contributed by atoms with Gasteiger partial charge in [-0.3, -0.25) is 0 Å². The van der Waals surface area contributed by atoms with Crippen molar-refractivity contribution in [1.29, 1.82) is 0 Å². The van der Waals surface area contributed by atoms with Crippen LogP contribution in [-0.4, -0.2) is 25.3 Å². The fraction of sp³-hybridized carbons (Fsp3) is 0.444. The Balaban J connectivity index is 2.54. The first-order valence-corrected chi connectivity index (χ1v) is 4.13. The third-order valence-corrected chi connectivity index (χ3v) is 1.63. The number of nitrogens with one attached hydrogen (secondary N) is 1. The van der Waals surface area contributed by atoms with Crippen LogP contribution in [0.5, 0.6) is 5.88 Å². The molecule has 1 heterocycles. The van der Waals surface area contributed by atoms with E-state index in [9.17, 15) is 4.39 Å². The Labute approximate surface area is 76.9 Å². The summed E-state index contributed by atoms with van der Waals surface area (Å²) in [6.45, 7) is 0.585. The molecular formula is C9H13FN2O. The second-order valence-electron chi connectivity index (χ2n) is 2.54. The molecule has 1 rings (SSSR count). The summed E-state index contributed by atoms with van der Waals surface area (Å²) >= 11 is 0. The van der Waals surface area contributed by atoms with Gasteiger partial charge >= 0.3 is 0 Å². The normalized spacial score (nSPS) is 10.0. The van der Waals surface area contributed by atoms with Gasteiger partial charge in [-0.25, -0.2) is 9.37 Å². The molecule has 0 unspecified atom stereocenters. The van der Waals surface area contributed by atoms with Gasteiger partial charge in [0.2, 0.25) is 5.88 Å². The van der Waals surface area contributed by atoms with Crippen molar-refractivity contribution in [2.75, 3.05) is 20.3 Å². The first-order chi connectivity index (χ1) is 6.38. The fourth-order valence-electron chi connectivity index (χ4n) is 1.03. The van der Waals surface area contributed by atoms with E-state index < -0.39 is 0 Å². The fourth-order valence-corrected chi connectivity index (χ4v) is 1.03. The molecule has 1 N–H and O–H groups in total. The molecule has 1 aromatic heterocycles. The van der Waals surface area contributed by atoms with Crippen molar-refractivity contribution < 1.29 is 9.13 Å². The van der Waals surface area contributed by atoms with Gasteiger partial charge in [-0.1, -0.05) is 6.07 Å². The predicted octanol–water partition coefficient (Wildman–Crippen LogP) is 1.15. The van der Waals surface area contributed by atoms with Crippen molar-refractivity contribution in [2.24, 2.45) is 0 Å². The highest BCUT2D eigenvalue weighted by Gasteiger charge is 2.01. The molecule has 13 heavy (non-hydrogen) atoms. The van der Waals surface area contributed by atoms with E-state index in [-0.39, 0.29) is 6.67 Å². The maximum Gasteiger partial charge on any atom is 0.217 e. The average Bonchev–Trinajstić information content (AvgIpc) is 2.19. The number of alkyl halides is 1. The molecule has 0 aromatic carbocycles. The molecule has 72 valence electrons. The Bertz CT molecular complexity index is 255. The number of hydrogen-bond acceptors (Lipinski definition) is 3. The molecule has 0 bridgehead atoms. The summed E-state index contributed by atoms with van der Waals surface area (Å²) in [6.07, 6.45) is 1.66. The van der Waals surface area contributed by atoms with E-state index in [1.165, 1.54) is 0 Å². The lowest BCUT2D eigenvalue weighted by atomic mass is 10.2. The number of rotatable bonds is 5. The number of ether oxygens (including phenoxy) is 1. The minimum absolute atomic E-state index is 0.359. The third-order valence-electron chi connectivity index (χ3n) is 1.63. The van der Waals surface area contributed by atoms with Gasteiger partial charge < -0.3 is 10.1 Å². The number of methoxy groups -OCH3 is 1. The standard InChI is InChI=1S/C9H13FN2O/c1-13-9-8(3-2-5-12-9)7-11-6-4-10/h2-3,5,11H,4,6-7H2,1H3. The second-order valence-corrected chi connectivity index (χ2v) is 2.54. The van der Waals surface area contributed by atoms with E-state index in [2.05, 4.69) is 10.3 Å². The Morgan fingerprint density at radius 2 is 2.46 bits per heavy atom. The van der Waals surface area contributed by atoms with Crippen LogP contribution in [0.15, 0.2) is 18.3 Å². The van der Waals surface area contributed by atoms with Crippen molar-refractivity contribution in [1.82, 2.24) is 10.3 Å². The molecule has 0 amide bonds. The van der Waals surface area contributed by atoms with E-state index in [1.807, 2.05) is 12.1 Å². The molecule has 0 spiro atoms. The molecule has 0 atom stereocenters. The Hall–Kier alpha value is -1.16. The van der Waals surface area contributed by atoms with Crippen LogP contribution in [0.25, 0.3) is 0 Å². The zero-order valence-electron chi connectivity index (χ0n) is 7.59. The molecule has 0 radical (unpaired) electrons. The summed E-state index contributed by atoms with van der Waals surface area (Å²) in [4.78, 5) is 4.02. The summed E-state index contributed by atoms with van der Waals surface area (Å²) in [5.41, 5.74) is 0.943. The van der Waals surface area contributed by atoms with Crippen molar-refractivity contribution in [2.45, 2.75) is 6.54 Å². The van der Waals surface area contributed by atoms with Gasteiger partial charge in [0.1, 0.15) is 6.67 Å². The molecule has 0 aliphatic rings. The topological polar surface area (TPSA) is 34.1 Å². The maximum atomic E-state index is 11.8. The van der Waals surface area contributed by atoms with Crippen molar-refractivity contribution in [3.05, 3.63) is 23.9 Å². The molecule has 0 saturated heterocycles. The van der Waals surface area contributed by atoms with Gasteiger partial charge in [-0.05, 0) is 6.07 Å². The van der Waals surface area contributed by atoms with Gasteiger partial charge in [-0.15, -0.1) is 0 Å². The second kappa shape index (κ2) is 5.48. The van der Waals surface area contributed by atoms with Crippen molar-refractivity contribution in [3.63, 3.8) is 0 Å². The summed E-state index contributed by atoms with van der Waals surface area (Å²) in [5.74, 6) is 0.592. The van der Waals surface area contributed by atoms with E-state index in [1.54, 1.807) is 13.3 Å². The molecule has 3 nitrogen and oxygen atoms in total. The number of aromatic nitrogens is 1. The van der Waals surface area contributed by atoms with E-state index >= 15 is 0 Å². The van der Waals surface area contributed by atoms with Gasteiger partial charge in [-0.2, -0.15) is 0 Å². The highest BCUT2D eigenvalue weighted by atomic mass is 19.1. The lowest BCUT2D eigenvalue weighted by Crippen LogP contribution is -2.16. The molecule has 0 aliphatic heterocycles. The van der Waals surface area contributed by atoms with Gasteiger partial charge in [0.15, 0.2) is 0 Å². The van der Waals surface area contributed by atoms with Crippen LogP contribution < -0.4 is 10.1 Å². The smallest absolute Gasteiger partial charge is 0.217 e. The van der Waals surface area contributed by atoms with E-state index in [4.69, 9.17) is 4.74 Å². The lowest BCUT2D eigenvalue weighted by molar-refractivity contribution is 0.389. The van der Waals surface area contributed by atoms with Crippen LogP contribution >= 0.6 is 0 Å². The Morgan fingerprint density at radius 3 is 3.15 bits per heavy atom. The Morgan fingerprint density at radius 1 is 1.62 bits per heavy atom. The third kappa shape index (κ3) is 2.99. The monoisotopic (exact) mass is 184 g/mol. The summed E-state index contributed by atoms with van der Waals surface area (Å²) in [7, 11) is 1.57. The average molecular weight is 184 g/mol.